The van der Waals surface area contributed by atoms with E-state index in [2.05, 4.69) is 89.8 Å². The van der Waals surface area contributed by atoms with Gasteiger partial charge < -0.3 is 9.30 Å². The minimum atomic E-state index is -0.136. The number of aromatic nitrogens is 1. The molecule has 4 rings (SSSR count). The average Bonchev–Trinajstić information content (AvgIpc) is 3.20. The standard InChI is InChI=1S/C28H29NO2S/c1-3-31-28(30)18-11-22-10-17-27-26(19-22)23(12-9-21-7-5-4-6-8-21)20-29(27)24-13-15-25(32-2)16-14-24/h4-8,10,13-17,19-20H,3,9,11-12,18H2,1-2H3. The van der Waals surface area contributed by atoms with Gasteiger partial charge in [0.2, 0.25) is 0 Å². The van der Waals surface area contributed by atoms with E-state index >= 15 is 0 Å². The zero-order valence-electron chi connectivity index (χ0n) is 18.7. The Bertz CT molecular complexity index is 1180. The van der Waals surface area contributed by atoms with Crippen molar-refractivity contribution < 1.29 is 9.53 Å². The van der Waals surface area contributed by atoms with Crippen LogP contribution in [0.3, 0.4) is 0 Å². The SMILES string of the molecule is CCOC(=O)CCc1ccc2c(c1)c(CCc1ccccc1)cn2-c1ccc(SC)cc1. The molecule has 0 bridgehead atoms. The lowest BCUT2D eigenvalue weighted by Crippen LogP contribution is -2.05. The molecular formula is C28H29NO2S. The minimum Gasteiger partial charge on any atom is -0.466 e. The first-order valence-electron chi connectivity index (χ1n) is 11.1. The first-order valence-corrected chi connectivity index (χ1v) is 12.4. The summed E-state index contributed by atoms with van der Waals surface area (Å²) in [5.41, 5.74) is 6.21. The van der Waals surface area contributed by atoms with Gasteiger partial charge in [0.05, 0.1) is 12.1 Å². The first-order chi connectivity index (χ1) is 15.7. The lowest BCUT2D eigenvalue weighted by atomic mass is 10.0. The van der Waals surface area contributed by atoms with E-state index in [9.17, 15) is 4.79 Å². The molecule has 0 aliphatic heterocycles. The molecule has 4 heteroatoms. The van der Waals surface area contributed by atoms with E-state index in [0.717, 1.165) is 18.5 Å². The largest absolute Gasteiger partial charge is 0.466 e. The Morgan fingerprint density at radius 3 is 2.41 bits per heavy atom. The van der Waals surface area contributed by atoms with Gasteiger partial charge in [0.25, 0.3) is 0 Å². The van der Waals surface area contributed by atoms with Gasteiger partial charge in [-0.05, 0) is 85.5 Å². The number of thioether (sulfide) groups is 1. The van der Waals surface area contributed by atoms with Gasteiger partial charge in [0.15, 0.2) is 0 Å². The van der Waals surface area contributed by atoms with Crippen molar-refractivity contribution in [1.29, 1.82) is 0 Å². The Morgan fingerprint density at radius 1 is 0.906 bits per heavy atom. The molecule has 0 saturated carbocycles. The van der Waals surface area contributed by atoms with E-state index < -0.39 is 0 Å². The van der Waals surface area contributed by atoms with Crippen LogP contribution in [-0.4, -0.2) is 23.4 Å². The maximum atomic E-state index is 11.8. The molecule has 0 unspecified atom stereocenters. The van der Waals surface area contributed by atoms with Gasteiger partial charge >= 0.3 is 5.97 Å². The second-order valence-electron chi connectivity index (χ2n) is 7.86. The molecule has 0 spiro atoms. The summed E-state index contributed by atoms with van der Waals surface area (Å²) < 4.78 is 7.39. The highest BCUT2D eigenvalue weighted by atomic mass is 32.2. The highest BCUT2D eigenvalue weighted by molar-refractivity contribution is 7.98. The lowest BCUT2D eigenvalue weighted by molar-refractivity contribution is -0.143. The first kappa shape index (κ1) is 22.2. The Labute approximate surface area is 194 Å². The normalized spacial score (nSPS) is 11.1. The number of carbonyl (C=O) groups excluding carboxylic acids is 1. The molecule has 0 N–H and O–H groups in total. The monoisotopic (exact) mass is 443 g/mol. The van der Waals surface area contributed by atoms with E-state index in [1.165, 1.54) is 32.5 Å². The molecule has 1 heterocycles. The zero-order chi connectivity index (χ0) is 22.3. The number of fused-ring (bicyclic) bond motifs is 1. The van der Waals surface area contributed by atoms with E-state index in [4.69, 9.17) is 4.74 Å². The zero-order valence-corrected chi connectivity index (χ0v) is 19.5. The van der Waals surface area contributed by atoms with Crippen molar-refractivity contribution >= 4 is 28.6 Å². The van der Waals surface area contributed by atoms with Crippen molar-refractivity contribution in [1.82, 2.24) is 4.57 Å². The van der Waals surface area contributed by atoms with Gasteiger partial charge in [-0.3, -0.25) is 4.79 Å². The summed E-state index contributed by atoms with van der Waals surface area (Å²) in [6.07, 6.45) is 7.45. The van der Waals surface area contributed by atoms with Gasteiger partial charge in [0, 0.05) is 28.6 Å². The third-order valence-corrected chi connectivity index (χ3v) is 6.49. The van der Waals surface area contributed by atoms with Crippen LogP contribution in [0.1, 0.15) is 30.0 Å². The number of carbonyl (C=O) groups is 1. The van der Waals surface area contributed by atoms with Crippen LogP contribution in [-0.2, 0) is 28.8 Å². The van der Waals surface area contributed by atoms with Gasteiger partial charge in [-0.1, -0.05) is 36.4 Å². The van der Waals surface area contributed by atoms with Crippen LogP contribution in [0.25, 0.3) is 16.6 Å². The third kappa shape index (κ3) is 5.25. The molecule has 0 aliphatic rings. The second kappa shape index (κ2) is 10.6. The number of ether oxygens (including phenoxy) is 1. The molecule has 1 aromatic heterocycles. The van der Waals surface area contributed by atoms with Crippen LogP contribution in [0.5, 0.6) is 0 Å². The van der Waals surface area contributed by atoms with Gasteiger partial charge in [-0.2, -0.15) is 0 Å². The van der Waals surface area contributed by atoms with E-state index in [1.54, 1.807) is 11.8 Å². The molecule has 0 fully saturated rings. The average molecular weight is 444 g/mol. The summed E-state index contributed by atoms with van der Waals surface area (Å²) in [5, 5.41) is 1.26. The van der Waals surface area contributed by atoms with Gasteiger partial charge in [-0.25, -0.2) is 0 Å². The number of nitrogens with zero attached hydrogens (tertiary/aromatic N) is 1. The molecule has 0 amide bonds. The fourth-order valence-corrected chi connectivity index (χ4v) is 4.47. The quantitative estimate of drug-likeness (QED) is 0.215. The topological polar surface area (TPSA) is 31.2 Å². The van der Waals surface area contributed by atoms with E-state index in [0.29, 0.717) is 19.4 Å². The number of benzene rings is 3. The summed E-state index contributed by atoms with van der Waals surface area (Å²) in [6.45, 7) is 2.27. The highest BCUT2D eigenvalue weighted by Gasteiger charge is 2.12. The number of hydrogen-bond acceptors (Lipinski definition) is 3. The van der Waals surface area contributed by atoms with Crippen LogP contribution in [0.4, 0.5) is 0 Å². The number of aryl methyl sites for hydroxylation is 3. The number of hydrogen-bond donors (Lipinski definition) is 0. The molecule has 164 valence electrons. The second-order valence-corrected chi connectivity index (χ2v) is 8.74. The van der Waals surface area contributed by atoms with Crippen LogP contribution >= 0.6 is 11.8 Å². The molecule has 4 aromatic rings. The summed E-state index contributed by atoms with van der Waals surface area (Å²) in [7, 11) is 0. The minimum absolute atomic E-state index is 0.136. The molecular weight excluding hydrogens is 414 g/mol. The third-order valence-electron chi connectivity index (χ3n) is 5.75. The predicted octanol–water partition coefficient (Wildman–Crippen LogP) is 6.63. The van der Waals surface area contributed by atoms with Crippen molar-refractivity contribution in [3.63, 3.8) is 0 Å². The summed E-state index contributed by atoms with van der Waals surface area (Å²) in [6, 6.07) is 25.9. The fourth-order valence-electron chi connectivity index (χ4n) is 4.06. The van der Waals surface area contributed by atoms with Gasteiger partial charge in [0.1, 0.15) is 0 Å². The summed E-state index contributed by atoms with van der Waals surface area (Å²) >= 11 is 1.75. The molecule has 3 aromatic carbocycles. The summed E-state index contributed by atoms with van der Waals surface area (Å²) in [4.78, 5) is 13.1. The molecule has 0 aliphatic carbocycles. The van der Waals surface area contributed by atoms with Crippen LogP contribution < -0.4 is 0 Å². The summed E-state index contributed by atoms with van der Waals surface area (Å²) in [5.74, 6) is -0.136. The maximum Gasteiger partial charge on any atom is 0.306 e. The van der Waals surface area contributed by atoms with Crippen molar-refractivity contribution in [3.05, 3.63) is 95.7 Å². The Hall–Kier alpha value is -2.98. The van der Waals surface area contributed by atoms with E-state index in [-0.39, 0.29) is 5.97 Å². The van der Waals surface area contributed by atoms with Crippen molar-refractivity contribution in [2.45, 2.75) is 37.5 Å². The predicted molar refractivity (Wildman–Crippen MR) is 134 cm³/mol. The number of rotatable bonds is 9. The van der Waals surface area contributed by atoms with Crippen molar-refractivity contribution in [2.75, 3.05) is 12.9 Å². The molecule has 0 atom stereocenters. The fraction of sp³-hybridized carbons (Fsp3) is 0.250. The lowest BCUT2D eigenvalue weighted by Gasteiger charge is -2.07. The van der Waals surface area contributed by atoms with Crippen LogP contribution in [0.2, 0.25) is 0 Å². The van der Waals surface area contributed by atoms with Crippen molar-refractivity contribution in [2.24, 2.45) is 0 Å². The van der Waals surface area contributed by atoms with Gasteiger partial charge in [-0.15, -0.1) is 11.8 Å². The molecule has 32 heavy (non-hydrogen) atoms. The molecule has 0 radical (unpaired) electrons. The number of esters is 1. The molecule has 3 nitrogen and oxygen atoms in total. The maximum absolute atomic E-state index is 11.8. The Balaban J connectivity index is 1.67. The Morgan fingerprint density at radius 2 is 1.69 bits per heavy atom. The smallest absolute Gasteiger partial charge is 0.306 e. The Kier molecular flexibility index (Phi) is 7.33. The highest BCUT2D eigenvalue weighted by Crippen LogP contribution is 2.28. The van der Waals surface area contributed by atoms with Crippen molar-refractivity contribution in [3.8, 4) is 5.69 Å². The van der Waals surface area contributed by atoms with Crippen LogP contribution in [0.15, 0.2) is 83.9 Å². The van der Waals surface area contributed by atoms with Crippen LogP contribution in [0, 0.1) is 0 Å². The van der Waals surface area contributed by atoms with E-state index in [1.807, 2.05) is 6.92 Å². The molecule has 0 saturated heterocycles.